The molecule has 2 aliphatic carbocycles. The summed E-state index contributed by atoms with van der Waals surface area (Å²) in [6, 6.07) is 0. The lowest BCUT2D eigenvalue weighted by molar-refractivity contribution is -0.140. The summed E-state index contributed by atoms with van der Waals surface area (Å²) in [6.07, 6.45) is 6.97. The summed E-state index contributed by atoms with van der Waals surface area (Å²) >= 11 is 0. The number of imide groups is 1. The van der Waals surface area contributed by atoms with Crippen molar-refractivity contribution in [3.63, 3.8) is 0 Å². The van der Waals surface area contributed by atoms with Gasteiger partial charge in [-0.3, -0.25) is 19.5 Å². The quantitative estimate of drug-likeness (QED) is 0.132. The maximum absolute atomic E-state index is 12.8. The van der Waals surface area contributed by atoms with Crippen molar-refractivity contribution in [3.8, 4) is 0 Å². The molecule has 5 unspecified atom stereocenters. The van der Waals surface area contributed by atoms with E-state index in [1.165, 1.54) is 4.90 Å². The fraction of sp³-hybridized carbons (Fsp3) is 0.773. The van der Waals surface area contributed by atoms with Gasteiger partial charge in [0.05, 0.1) is 11.8 Å². The van der Waals surface area contributed by atoms with Gasteiger partial charge in [-0.2, -0.15) is 0 Å². The van der Waals surface area contributed by atoms with Gasteiger partial charge in [-0.25, -0.2) is 0 Å². The largest absolute Gasteiger partial charge is 0.396 e. The molecule has 2 bridgehead atoms. The van der Waals surface area contributed by atoms with Crippen LogP contribution in [0.4, 0.5) is 0 Å². The fourth-order valence-electron chi connectivity index (χ4n) is 5.17. The van der Waals surface area contributed by atoms with Crippen molar-refractivity contribution in [2.45, 2.75) is 40.0 Å². The first-order chi connectivity index (χ1) is 14.0. The minimum atomic E-state index is -0.130. The van der Waals surface area contributed by atoms with Gasteiger partial charge in [0.15, 0.2) is 5.96 Å². The third kappa shape index (κ3) is 5.55. The zero-order valence-corrected chi connectivity index (χ0v) is 20.7. The number of hydrogen-bond donors (Lipinski definition) is 3. The van der Waals surface area contributed by atoms with Gasteiger partial charge in [0, 0.05) is 32.8 Å². The number of carbonyl (C=O) groups excluding carboxylic acids is 2. The highest BCUT2D eigenvalue weighted by Gasteiger charge is 2.58. The van der Waals surface area contributed by atoms with E-state index >= 15 is 0 Å². The van der Waals surface area contributed by atoms with Crippen LogP contribution in [0.5, 0.6) is 0 Å². The fourth-order valence-corrected chi connectivity index (χ4v) is 5.17. The predicted molar refractivity (Wildman–Crippen MR) is 128 cm³/mol. The molecule has 1 saturated carbocycles. The van der Waals surface area contributed by atoms with E-state index in [4.69, 9.17) is 0 Å². The molecule has 3 rings (SSSR count). The second-order valence-electron chi connectivity index (χ2n) is 8.98. The second kappa shape index (κ2) is 11.5. The van der Waals surface area contributed by atoms with E-state index in [2.05, 4.69) is 41.6 Å². The average Bonchev–Trinajstić information content (AvgIpc) is 3.35. The SMILES string of the molecule is CCNC(=NCC(CCO)CC(C)C)NCCN1C(=O)C2C3C=CC(C3)C2C1=O.I. The molecule has 0 aromatic heterocycles. The molecule has 1 saturated heterocycles. The standard InChI is InChI=1S/C22H36N4O3.HI/c1-4-23-22(25-13-15(7-10-27)11-14(2)3)24-8-9-26-20(28)18-16-5-6-17(12-16)19(18)21(26)29;/h5-6,14-19,27H,4,7-13H2,1-3H3,(H2,23,24,25);1H. The number of guanidine groups is 1. The summed E-state index contributed by atoms with van der Waals surface area (Å²) in [6.45, 7) is 8.79. The van der Waals surface area contributed by atoms with Crippen LogP contribution < -0.4 is 10.6 Å². The van der Waals surface area contributed by atoms with E-state index < -0.39 is 0 Å². The normalized spacial score (nSPS) is 28.2. The van der Waals surface area contributed by atoms with E-state index in [1.54, 1.807) is 0 Å². The molecule has 1 heterocycles. The van der Waals surface area contributed by atoms with E-state index in [-0.39, 0.29) is 66.1 Å². The molecule has 30 heavy (non-hydrogen) atoms. The number of halogens is 1. The Balaban J connectivity index is 0.00000320. The van der Waals surface area contributed by atoms with Crippen LogP contribution in [0.1, 0.15) is 40.0 Å². The van der Waals surface area contributed by atoms with Gasteiger partial charge in [-0.05, 0) is 49.9 Å². The van der Waals surface area contributed by atoms with Crippen LogP contribution in [0.2, 0.25) is 0 Å². The lowest BCUT2D eigenvalue weighted by Crippen LogP contribution is -2.44. The Hall–Kier alpha value is -1.16. The van der Waals surface area contributed by atoms with E-state index in [9.17, 15) is 14.7 Å². The molecule has 5 atom stereocenters. The van der Waals surface area contributed by atoms with Gasteiger partial charge in [-0.1, -0.05) is 26.0 Å². The third-order valence-corrected chi connectivity index (χ3v) is 6.38. The number of rotatable bonds is 10. The zero-order valence-electron chi connectivity index (χ0n) is 18.3. The summed E-state index contributed by atoms with van der Waals surface area (Å²) in [5, 5.41) is 15.8. The summed E-state index contributed by atoms with van der Waals surface area (Å²) in [7, 11) is 0. The summed E-state index contributed by atoms with van der Waals surface area (Å²) in [5.41, 5.74) is 0. The predicted octanol–water partition coefficient (Wildman–Crippen LogP) is 2.01. The Kier molecular flexibility index (Phi) is 9.59. The van der Waals surface area contributed by atoms with Crippen molar-refractivity contribution >= 4 is 41.8 Å². The van der Waals surface area contributed by atoms with Crippen molar-refractivity contribution in [3.05, 3.63) is 12.2 Å². The number of likely N-dealkylation sites (tertiary alicyclic amines) is 1. The van der Waals surface area contributed by atoms with Crippen LogP contribution in [0, 0.1) is 35.5 Å². The number of aliphatic imine (C=N–C) groups is 1. The van der Waals surface area contributed by atoms with E-state index in [0.29, 0.717) is 37.4 Å². The van der Waals surface area contributed by atoms with Crippen LogP contribution in [0.25, 0.3) is 0 Å². The lowest BCUT2D eigenvalue weighted by atomic mass is 9.85. The lowest BCUT2D eigenvalue weighted by Gasteiger charge is -2.20. The van der Waals surface area contributed by atoms with Crippen LogP contribution in [0.3, 0.4) is 0 Å². The maximum atomic E-state index is 12.8. The van der Waals surface area contributed by atoms with Gasteiger partial charge < -0.3 is 15.7 Å². The Morgan fingerprint density at radius 2 is 1.83 bits per heavy atom. The number of carbonyl (C=O) groups is 2. The highest BCUT2D eigenvalue weighted by atomic mass is 127. The van der Waals surface area contributed by atoms with Gasteiger partial charge >= 0.3 is 0 Å². The molecule has 2 fully saturated rings. The zero-order chi connectivity index (χ0) is 21.0. The smallest absolute Gasteiger partial charge is 0.233 e. The molecule has 0 aromatic carbocycles. The van der Waals surface area contributed by atoms with Gasteiger partial charge in [0.1, 0.15) is 0 Å². The molecule has 0 spiro atoms. The van der Waals surface area contributed by atoms with Crippen molar-refractivity contribution in [2.75, 3.05) is 32.8 Å². The first kappa shape index (κ1) is 25.1. The third-order valence-electron chi connectivity index (χ3n) is 6.38. The van der Waals surface area contributed by atoms with Gasteiger partial charge in [0.2, 0.25) is 11.8 Å². The molecule has 1 aliphatic heterocycles. The number of aliphatic hydroxyl groups is 1. The summed E-state index contributed by atoms with van der Waals surface area (Å²) in [4.78, 5) is 31.6. The second-order valence-corrected chi connectivity index (χ2v) is 8.98. The highest BCUT2D eigenvalue weighted by molar-refractivity contribution is 14.0. The topological polar surface area (TPSA) is 94.0 Å². The Bertz CT molecular complexity index is 637. The number of amides is 2. The molecule has 8 heteroatoms. The number of nitrogens with zero attached hydrogens (tertiary/aromatic N) is 2. The maximum Gasteiger partial charge on any atom is 0.233 e. The molecular weight excluding hydrogens is 495 g/mol. The van der Waals surface area contributed by atoms with Crippen molar-refractivity contribution < 1.29 is 14.7 Å². The highest BCUT2D eigenvalue weighted by Crippen LogP contribution is 2.52. The van der Waals surface area contributed by atoms with Crippen LogP contribution in [0.15, 0.2) is 17.1 Å². The number of fused-ring (bicyclic) bond motifs is 5. The Morgan fingerprint density at radius 1 is 1.20 bits per heavy atom. The van der Waals surface area contributed by atoms with Crippen LogP contribution >= 0.6 is 24.0 Å². The minimum Gasteiger partial charge on any atom is -0.396 e. The Labute approximate surface area is 197 Å². The van der Waals surface area contributed by atoms with Gasteiger partial charge in [-0.15, -0.1) is 24.0 Å². The first-order valence-corrected chi connectivity index (χ1v) is 11.1. The van der Waals surface area contributed by atoms with Crippen LogP contribution in [-0.2, 0) is 9.59 Å². The van der Waals surface area contributed by atoms with Gasteiger partial charge in [0.25, 0.3) is 0 Å². The number of hydrogen-bond acceptors (Lipinski definition) is 4. The Morgan fingerprint density at radius 3 is 2.37 bits per heavy atom. The molecule has 3 N–H and O–H groups in total. The molecule has 0 radical (unpaired) electrons. The molecule has 0 aromatic rings. The summed E-state index contributed by atoms with van der Waals surface area (Å²) < 4.78 is 0. The molecule has 3 aliphatic rings. The summed E-state index contributed by atoms with van der Waals surface area (Å²) in [5.74, 6) is 1.85. The molecule has 7 nitrogen and oxygen atoms in total. The van der Waals surface area contributed by atoms with Crippen molar-refractivity contribution in [1.82, 2.24) is 15.5 Å². The van der Waals surface area contributed by atoms with Crippen molar-refractivity contribution in [2.24, 2.45) is 40.5 Å². The monoisotopic (exact) mass is 532 g/mol. The molecular formula is C22H37IN4O3. The first-order valence-electron chi connectivity index (χ1n) is 11.1. The van der Waals surface area contributed by atoms with E-state index in [0.717, 1.165) is 25.8 Å². The molecule has 170 valence electrons. The number of aliphatic hydroxyl groups excluding tert-OH is 1. The van der Waals surface area contributed by atoms with Crippen molar-refractivity contribution in [1.29, 1.82) is 0 Å². The number of nitrogens with one attached hydrogen (secondary N) is 2. The van der Waals surface area contributed by atoms with Crippen LogP contribution in [-0.4, -0.2) is 60.6 Å². The van der Waals surface area contributed by atoms with E-state index in [1.807, 2.05) is 6.92 Å². The number of allylic oxidation sites excluding steroid dienone is 2. The molecule has 2 amide bonds. The average molecular weight is 532 g/mol. The minimum absolute atomic E-state index is 0.